The van der Waals surface area contributed by atoms with Crippen molar-refractivity contribution < 1.29 is 0 Å². The lowest BCUT2D eigenvalue weighted by molar-refractivity contribution is 1.18. The smallest absolute Gasteiger partial charge is 0.136 e. The number of aromatic nitrogens is 2. The largest absolute Gasteiger partial charge is 0.306 e. The molecule has 0 saturated carbocycles. The molecule has 2 rings (SSSR count). The minimum atomic E-state index is 0.966. The van der Waals surface area contributed by atoms with Crippen LogP contribution in [0.3, 0.4) is 0 Å². The van der Waals surface area contributed by atoms with Crippen molar-refractivity contribution in [3.63, 3.8) is 0 Å². The van der Waals surface area contributed by atoms with Crippen molar-refractivity contribution in [1.82, 2.24) is 9.38 Å². The first-order chi connectivity index (χ1) is 4.47. The van der Waals surface area contributed by atoms with Gasteiger partial charge < -0.3 is 4.40 Å². The van der Waals surface area contributed by atoms with Gasteiger partial charge in [-0.1, -0.05) is 0 Å². The van der Waals surface area contributed by atoms with Crippen molar-refractivity contribution in [3.8, 4) is 0 Å². The Labute approximate surface area is 52.8 Å². The maximum absolute atomic E-state index is 4.06. The van der Waals surface area contributed by atoms with Crippen LogP contribution in [0.2, 0.25) is 0 Å². The zero-order valence-corrected chi connectivity index (χ0v) is 4.78. The summed E-state index contributed by atoms with van der Waals surface area (Å²) in [5, 5.41) is 0. The van der Waals surface area contributed by atoms with E-state index in [1.165, 1.54) is 0 Å². The molecule has 0 aromatic carbocycles. The third kappa shape index (κ3) is 0.598. The summed E-state index contributed by atoms with van der Waals surface area (Å²) in [5.74, 6) is 0. The second-order valence-electron chi connectivity index (χ2n) is 1.82. The molecule has 0 N–H and O–H groups in total. The molecule has 0 spiro atoms. The highest BCUT2D eigenvalue weighted by Crippen LogP contribution is 1.96. The van der Waals surface area contributed by atoms with Crippen LogP contribution in [0.15, 0.2) is 30.7 Å². The number of nitrogens with zero attached hydrogens (tertiary/aromatic N) is 2. The Morgan fingerprint density at radius 3 is 3.44 bits per heavy atom. The zero-order chi connectivity index (χ0) is 6.10. The van der Waals surface area contributed by atoms with Gasteiger partial charge in [0.25, 0.3) is 0 Å². The molecule has 1 radical (unpaired) electrons. The van der Waals surface area contributed by atoms with E-state index in [2.05, 4.69) is 11.1 Å². The average molecular weight is 117 g/mol. The van der Waals surface area contributed by atoms with E-state index in [0.717, 1.165) is 5.65 Å². The standard InChI is InChI=1S/C7H5N2/c1-2-5-9-6-4-8-7(9)3-1/h1,3-6H. The maximum Gasteiger partial charge on any atom is 0.136 e. The van der Waals surface area contributed by atoms with Gasteiger partial charge in [-0.3, -0.25) is 0 Å². The van der Waals surface area contributed by atoms with E-state index in [0.29, 0.717) is 0 Å². The number of hydrogen-bond donors (Lipinski definition) is 0. The van der Waals surface area contributed by atoms with Crippen molar-refractivity contribution in [2.24, 2.45) is 0 Å². The fraction of sp³-hybridized carbons (Fsp3) is 0. The summed E-state index contributed by atoms with van der Waals surface area (Å²) in [6.45, 7) is 0. The maximum atomic E-state index is 4.06. The van der Waals surface area contributed by atoms with Crippen LogP contribution in [0.1, 0.15) is 0 Å². The van der Waals surface area contributed by atoms with Gasteiger partial charge in [-0.05, 0) is 18.2 Å². The van der Waals surface area contributed by atoms with Crippen molar-refractivity contribution in [2.45, 2.75) is 0 Å². The molecule has 0 unspecified atom stereocenters. The van der Waals surface area contributed by atoms with E-state index >= 15 is 0 Å². The summed E-state index contributed by atoms with van der Waals surface area (Å²) in [7, 11) is 0. The van der Waals surface area contributed by atoms with Gasteiger partial charge >= 0.3 is 0 Å². The number of rotatable bonds is 0. The Hall–Kier alpha value is -1.31. The molecule has 0 aliphatic heterocycles. The zero-order valence-electron chi connectivity index (χ0n) is 4.78. The number of fused-ring (bicyclic) bond motifs is 1. The Balaban J connectivity index is 2.95. The fourth-order valence-corrected chi connectivity index (χ4v) is 0.809. The van der Waals surface area contributed by atoms with E-state index in [1.807, 2.05) is 28.9 Å². The molecule has 9 heavy (non-hydrogen) atoms. The highest BCUT2D eigenvalue weighted by molar-refractivity contribution is 5.36. The van der Waals surface area contributed by atoms with Gasteiger partial charge in [-0.15, -0.1) is 0 Å². The molecule has 0 fully saturated rings. The van der Waals surface area contributed by atoms with Crippen LogP contribution in [0, 0.1) is 6.07 Å². The van der Waals surface area contributed by atoms with Crippen LogP contribution in [-0.4, -0.2) is 9.38 Å². The van der Waals surface area contributed by atoms with E-state index in [1.54, 1.807) is 6.20 Å². The van der Waals surface area contributed by atoms with E-state index in [4.69, 9.17) is 0 Å². The lowest BCUT2D eigenvalue weighted by atomic mass is 10.5. The first kappa shape index (κ1) is 4.56. The quantitative estimate of drug-likeness (QED) is 0.505. The van der Waals surface area contributed by atoms with Gasteiger partial charge in [-0.25, -0.2) is 4.98 Å². The van der Waals surface area contributed by atoms with Crippen LogP contribution >= 0.6 is 0 Å². The minimum Gasteiger partial charge on any atom is -0.306 e. The summed E-state index contributed by atoms with van der Waals surface area (Å²) in [6, 6.07) is 6.71. The summed E-state index contributed by atoms with van der Waals surface area (Å²) in [5.41, 5.74) is 0.966. The molecule has 0 bridgehead atoms. The van der Waals surface area contributed by atoms with Crippen molar-refractivity contribution in [3.05, 3.63) is 36.8 Å². The lowest BCUT2D eigenvalue weighted by Crippen LogP contribution is -1.77. The number of hydrogen-bond acceptors (Lipinski definition) is 1. The molecule has 2 aromatic rings. The third-order valence-electron chi connectivity index (χ3n) is 1.24. The van der Waals surface area contributed by atoms with Gasteiger partial charge in [0.1, 0.15) is 5.65 Å². The normalized spacial score (nSPS) is 10.2. The molecule has 0 atom stereocenters. The number of pyridine rings is 1. The van der Waals surface area contributed by atoms with Gasteiger partial charge in [0.2, 0.25) is 0 Å². The summed E-state index contributed by atoms with van der Waals surface area (Å²) in [4.78, 5) is 4.06. The summed E-state index contributed by atoms with van der Waals surface area (Å²) < 4.78 is 1.92. The Kier molecular flexibility index (Phi) is 0.803. The fourth-order valence-electron chi connectivity index (χ4n) is 0.809. The molecule has 2 aromatic heterocycles. The first-order valence-electron chi connectivity index (χ1n) is 2.75. The second-order valence-corrected chi connectivity index (χ2v) is 1.82. The highest BCUT2D eigenvalue weighted by Gasteiger charge is 1.85. The van der Waals surface area contributed by atoms with Gasteiger partial charge in [-0.2, -0.15) is 0 Å². The Morgan fingerprint density at radius 1 is 1.56 bits per heavy atom. The molecule has 0 aliphatic rings. The van der Waals surface area contributed by atoms with Gasteiger partial charge in [0.15, 0.2) is 0 Å². The van der Waals surface area contributed by atoms with Crippen LogP contribution in [0.4, 0.5) is 0 Å². The van der Waals surface area contributed by atoms with Crippen LogP contribution < -0.4 is 0 Å². The van der Waals surface area contributed by atoms with E-state index in [-0.39, 0.29) is 0 Å². The Morgan fingerprint density at radius 2 is 2.56 bits per heavy atom. The second kappa shape index (κ2) is 1.58. The average Bonchev–Trinajstić information content (AvgIpc) is 2.33. The summed E-state index contributed by atoms with van der Waals surface area (Å²) in [6.07, 6.45) is 5.51. The molecule has 2 nitrogen and oxygen atoms in total. The molecular weight excluding hydrogens is 112 g/mol. The highest BCUT2D eigenvalue weighted by atomic mass is 15.0. The third-order valence-corrected chi connectivity index (χ3v) is 1.24. The monoisotopic (exact) mass is 117 g/mol. The van der Waals surface area contributed by atoms with Crippen LogP contribution in [0.25, 0.3) is 5.65 Å². The Bertz CT molecular complexity index is 281. The topological polar surface area (TPSA) is 17.3 Å². The number of imidazole rings is 1. The molecule has 2 heterocycles. The van der Waals surface area contributed by atoms with Crippen molar-refractivity contribution in [2.75, 3.05) is 0 Å². The van der Waals surface area contributed by atoms with Gasteiger partial charge in [0.05, 0.1) is 0 Å². The SMILES string of the molecule is [c]1ccc2nccn2c1. The molecular formula is C7H5N2. The molecule has 2 heteroatoms. The van der Waals surface area contributed by atoms with Crippen LogP contribution in [-0.2, 0) is 0 Å². The molecule has 0 aliphatic carbocycles. The predicted molar refractivity (Wildman–Crippen MR) is 34.0 cm³/mol. The molecule has 0 amide bonds. The molecule has 0 saturated heterocycles. The minimum absolute atomic E-state index is 0.966. The van der Waals surface area contributed by atoms with E-state index < -0.39 is 0 Å². The first-order valence-corrected chi connectivity index (χ1v) is 2.75. The predicted octanol–water partition coefficient (Wildman–Crippen LogP) is 1.13. The molecule has 43 valence electrons. The van der Waals surface area contributed by atoms with Crippen molar-refractivity contribution >= 4 is 5.65 Å². The summed E-state index contributed by atoms with van der Waals surface area (Å²) >= 11 is 0. The van der Waals surface area contributed by atoms with E-state index in [9.17, 15) is 0 Å². The lowest BCUT2D eigenvalue weighted by Gasteiger charge is -1.86. The van der Waals surface area contributed by atoms with Crippen LogP contribution in [0.5, 0.6) is 0 Å². The van der Waals surface area contributed by atoms with Crippen molar-refractivity contribution in [1.29, 1.82) is 0 Å². The van der Waals surface area contributed by atoms with Gasteiger partial charge in [0, 0.05) is 18.6 Å².